The fourth-order valence-electron chi connectivity index (χ4n) is 1.30. The Balaban J connectivity index is 2.53. The maximum atomic E-state index is 4.41. The van der Waals surface area contributed by atoms with Crippen LogP contribution in [0.25, 0.3) is 11.3 Å². The second-order valence-electron chi connectivity index (χ2n) is 2.87. The molecule has 0 radical (unpaired) electrons. The molecule has 66 valence electrons. The van der Waals surface area contributed by atoms with E-state index in [9.17, 15) is 0 Å². The Morgan fingerprint density at radius 1 is 1.23 bits per heavy atom. The molecule has 0 amide bonds. The summed E-state index contributed by atoms with van der Waals surface area (Å²) in [6.07, 6.45) is 0. The van der Waals surface area contributed by atoms with Gasteiger partial charge in [-0.15, -0.1) is 0 Å². The first kappa shape index (κ1) is 8.74. The smallest absolute Gasteiger partial charge is 0.169 e. The van der Waals surface area contributed by atoms with Gasteiger partial charge in [-0.05, 0) is 29.5 Å². The standard InChI is InChI=1S/C10H9IN2/c1-7-9(13-10(11)12-7)8-5-3-2-4-6-8/h2-6H,1H3,(H,12,13). The van der Waals surface area contributed by atoms with Gasteiger partial charge >= 0.3 is 0 Å². The summed E-state index contributed by atoms with van der Waals surface area (Å²) in [5.41, 5.74) is 3.33. The van der Waals surface area contributed by atoms with E-state index in [4.69, 9.17) is 0 Å². The van der Waals surface area contributed by atoms with Crippen LogP contribution in [-0.2, 0) is 0 Å². The van der Waals surface area contributed by atoms with E-state index in [-0.39, 0.29) is 0 Å². The number of aromatic amines is 1. The van der Waals surface area contributed by atoms with E-state index in [0.717, 1.165) is 15.2 Å². The molecule has 0 spiro atoms. The molecule has 0 fully saturated rings. The van der Waals surface area contributed by atoms with Crippen LogP contribution in [0, 0.1) is 10.8 Å². The molecule has 2 rings (SSSR count). The molecular weight excluding hydrogens is 275 g/mol. The molecule has 13 heavy (non-hydrogen) atoms. The van der Waals surface area contributed by atoms with Crippen molar-refractivity contribution in [3.05, 3.63) is 39.9 Å². The molecule has 0 aliphatic heterocycles. The van der Waals surface area contributed by atoms with Gasteiger partial charge in [-0.1, -0.05) is 30.3 Å². The van der Waals surface area contributed by atoms with Gasteiger partial charge in [-0.25, -0.2) is 4.98 Å². The number of halogens is 1. The Bertz CT molecular complexity index is 406. The molecule has 1 aromatic carbocycles. The average Bonchev–Trinajstić information content (AvgIpc) is 2.47. The number of aryl methyl sites for hydroxylation is 1. The number of hydrogen-bond donors (Lipinski definition) is 1. The van der Waals surface area contributed by atoms with Gasteiger partial charge in [0.1, 0.15) is 0 Å². The Morgan fingerprint density at radius 2 is 1.92 bits per heavy atom. The van der Waals surface area contributed by atoms with Gasteiger partial charge in [-0.2, -0.15) is 0 Å². The van der Waals surface area contributed by atoms with Crippen LogP contribution in [0.5, 0.6) is 0 Å². The van der Waals surface area contributed by atoms with E-state index in [1.165, 1.54) is 5.56 Å². The number of aromatic nitrogens is 2. The fourth-order valence-corrected chi connectivity index (χ4v) is 1.95. The maximum absolute atomic E-state index is 4.41. The van der Waals surface area contributed by atoms with Crippen LogP contribution >= 0.6 is 22.6 Å². The molecule has 3 heteroatoms. The minimum Gasteiger partial charge on any atom is -0.337 e. The molecular formula is C10H9IN2. The predicted octanol–water partition coefficient (Wildman–Crippen LogP) is 2.99. The summed E-state index contributed by atoms with van der Waals surface area (Å²) in [7, 11) is 0. The summed E-state index contributed by atoms with van der Waals surface area (Å²) in [5.74, 6) is 0. The molecule has 0 aliphatic carbocycles. The van der Waals surface area contributed by atoms with Crippen molar-refractivity contribution in [1.29, 1.82) is 0 Å². The highest BCUT2D eigenvalue weighted by Crippen LogP contribution is 2.20. The van der Waals surface area contributed by atoms with Crippen molar-refractivity contribution in [2.24, 2.45) is 0 Å². The zero-order valence-corrected chi connectivity index (χ0v) is 9.37. The number of nitrogens with zero attached hydrogens (tertiary/aromatic N) is 1. The van der Waals surface area contributed by atoms with E-state index in [1.807, 2.05) is 25.1 Å². The van der Waals surface area contributed by atoms with Gasteiger partial charge in [0.15, 0.2) is 3.83 Å². The van der Waals surface area contributed by atoms with Crippen molar-refractivity contribution in [2.45, 2.75) is 6.92 Å². The first-order valence-electron chi connectivity index (χ1n) is 4.05. The number of H-pyrrole nitrogens is 1. The molecule has 1 heterocycles. The predicted molar refractivity (Wildman–Crippen MR) is 61.5 cm³/mol. The van der Waals surface area contributed by atoms with E-state index in [0.29, 0.717) is 0 Å². The molecule has 0 aliphatic rings. The van der Waals surface area contributed by atoms with Gasteiger partial charge in [0.2, 0.25) is 0 Å². The zero-order valence-electron chi connectivity index (χ0n) is 7.21. The number of hydrogen-bond acceptors (Lipinski definition) is 1. The lowest BCUT2D eigenvalue weighted by Gasteiger charge is -1.96. The van der Waals surface area contributed by atoms with E-state index >= 15 is 0 Å². The van der Waals surface area contributed by atoms with Crippen LogP contribution in [0.1, 0.15) is 5.69 Å². The van der Waals surface area contributed by atoms with Crippen molar-refractivity contribution in [3.8, 4) is 11.3 Å². The average molecular weight is 284 g/mol. The molecule has 2 aromatic rings. The lowest BCUT2D eigenvalue weighted by molar-refractivity contribution is 1.20. The maximum Gasteiger partial charge on any atom is 0.169 e. The van der Waals surface area contributed by atoms with Crippen LogP contribution in [-0.4, -0.2) is 9.97 Å². The number of nitrogens with one attached hydrogen (secondary N) is 1. The summed E-state index contributed by atoms with van der Waals surface area (Å²) in [6.45, 7) is 2.04. The van der Waals surface area contributed by atoms with Crippen molar-refractivity contribution in [1.82, 2.24) is 9.97 Å². The van der Waals surface area contributed by atoms with Crippen LogP contribution in [0.3, 0.4) is 0 Å². The van der Waals surface area contributed by atoms with Crippen LogP contribution in [0.2, 0.25) is 0 Å². The monoisotopic (exact) mass is 284 g/mol. The van der Waals surface area contributed by atoms with Gasteiger partial charge < -0.3 is 4.98 Å². The summed E-state index contributed by atoms with van der Waals surface area (Å²) >= 11 is 2.19. The third kappa shape index (κ3) is 1.75. The van der Waals surface area contributed by atoms with E-state index < -0.39 is 0 Å². The van der Waals surface area contributed by atoms with Crippen molar-refractivity contribution < 1.29 is 0 Å². The summed E-state index contributed by atoms with van der Waals surface area (Å²) < 4.78 is 0.939. The number of benzene rings is 1. The third-order valence-corrected chi connectivity index (χ3v) is 2.41. The van der Waals surface area contributed by atoms with Crippen LogP contribution in [0.4, 0.5) is 0 Å². The fraction of sp³-hybridized carbons (Fsp3) is 0.100. The minimum absolute atomic E-state index is 0.939. The van der Waals surface area contributed by atoms with Crippen LogP contribution < -0.4 is 0 Å². The van der Waals surface area contributed by atoms with E-state index in [1.54, 1.807) is 0 Å². The summed E-state index contributed by atoms with van der Waals surface area (Å²) in [4.78, 5) is 7.59. The quantitative estimate of drug-likeness (QED) is 0.801. The Hall–Kier alpha value is -0.840. The highest BCUT2D eigenvalue weighted by molar-refractivity contribution is 14.1. The van der Waals surface area contributed by atoms with Crippen molar-refractivity contribution in [3.63, 3.8) is 0 Å². The molecule has 0 bridgehead atoms. The molecule has 0 atom stereocenters. The second-order valence-corrected chi connectivity index (χ2v) is 3.89. The topological polar surface area (TPSA) is 28.7 Å². The van der Waals surface area contributed by atoms with Gasteiger partial charge in [0, 0.05) is 11.3 Å². The van der Waals surface area contributed by atoms with E-state index in [2.05, 4.69) is 44.7 Å². The Kier molecular flexibility index (Phi) is 2.35. The summed E-state index contributed by atoms with van der Waals surface area (Å²) in [5, 5.41) is 0. The van der Waals surface area contributed by atoms with Crippen molar-refractivity contribution in [2.75, 3.05) is 0 Å². The highest BCUT2D eigenvalue weighted by Gasteiger charge is 2.05. The lowest BCUT2D eigenvalue weighted by Crippen LogP contribution is -1.79. The largest absolute Gasteiger partial charge is 0.337 e. The minimum atomic E-state index is 0.939. The first-order chi connectivity index (χ1) is 6.27. The van der Waals surface area contributed by atoms with Crippen molar-refractivity contribution >= 4 is 22.6 Å². The molecule has 0 saturated carbocycles. The molecule has 1 aromatic heterocycles. The Labute approximate surface area is 90.5 Å². The summed E-state index contributed by atoms with van der Waals surface area (Å²) in [6, 6.07) is 10.2. The molecule has 0 unspecified atom stereocenters. The third-order valence-electron chi connectivity index (χ3n) is 1.90. The second kappa shape index (κ2) is 3.49. The normalized spacial score (nSPS) is 10.3. The zero-order chi connectivity index (χ0) is 9.26. The molecule has 2 nitrogen and oxygen atoms in total. The number of imidazole rings is 1. The van der Waals surface area contributed by atoms with Gasteiger partial charge in [-0.3, -0.25) is 0 Å². The molecule has 1 N–H and O–H groups in total. The highest BCUT2D eigenvalue weighted by atomic mass is 127. The molecule has 0 saturated heterocycles. The lowest BCUT2D eigenvalue weighted by atomic mass is 10.1. The SMILES string of the molecule is Cc1[nH]c(I)nc1-c1ccccc1. The van der Waals surface area contributed by atoms with Gasteiger partial charge in [0.05, 0.1) is 5.69 Å². The Morgan fingerprint density at radius 3 is 2.46 bits per heavy atom. The first-order valence-corrected chi connectivity index (χ1v) is 5.13. The van der Waals surface area contributed by atoms with Gasteiger partial charge in [0.25, 0.3) is 0 Å². The number of rotatable bonds is 1. The van der Waals surface area contributed by atoms with Crippen LogP contribution in [0.15, 0.2) is 30.3 Å².